The maximum Gasteiger partial charge on any atom is 0.256 e. The Morgan fingerprint density at radius 3 is 2.65 bits per heavy atom. The summed E-state index contributed by atoms with van der Waals surface area (Å²) in [5, 5.41) is 0. The number of sulfonamides is 1. The Bertz CT molecular complexity index is 848. The summed E-state index contributed by atoms with van der Waals surface area (Å²) in [7, 11) is -3.38. The van der Waals surface area contributed by atoms with Crippen molar-refractivity contribution in [1.29, 1.82) is 0 Å². The number of nitrogens with zero attached hydrogens (tertiary/aromatic N) is 2. The van der Waals surface area contributed by atoms with E-state index in [1.54, 1.807) is 0 Å². The minimum absolute atomic E-state index is 0.0576. The van der Waals surface area contributed by atoms with Crippen LogP contribution in [-0.4, -0.2) is 38.1 Å². The highest BCUT2D eigenvalue weighted by Gasteiger charge is 2.27. The highest BCUT2D eigenvalue weighted by molar-refractivity contribution is 7.90. The number of hydrogen-bond acceptors (Lipinski definition) is 4. The Morgan fingerprint density at radius 1 is 1.12 bits per heavy atom. The molecule has 4 rings (SSSR count). The standard InChI is InChI=1S/C20H24N2O3S/c23-26(24)14-13-22-12-4-7-19(20(22)21-26)17-8-10-18(11-9-17)25-15-16-5-2-1-3-6-16/h4,7-12,16H,1-3,5-6,13-15H2. The lowest BCUT2D eigenvalue weighted by Crippen LogP contribution is -2.37. The molecule has 0 N–H and O–H groups in total. The molecular formula is C20H24N2O3S. The third-order valence-electron chi connectivity index (χ3n) is 5.23. The van der Waals surface area contributed by atoms with Crippen LogP contribution in [0.1, 0.15) is 37.7 Å². The number of allylic oxidation sites excluding steroid dienone is 2. The normalized spacial score (nSPS) is 22.4. The highest BCUT2D eigenvalue weighted by Crippen LogP contribution is 2.28. The number of ether oxygens (including phenoxy) is 1. The van der Waals surface area contributed by atoms with Crippen LogP contribution < -0.4 is 4.74 Å². The molecule has 0 atom stereocenters. The number of amidine groups is 1. The zero-order valence-corrected chi connectivity index (χ0v) is 15.6. The molecule has 0 aromatic heterocycles. The molecule has 1 aliphatic carbocycles. The van der Waals surface area contributed by atoms with Crippen molar-refractivity contribution in [2.45, 2.75) is 32.1 Å². The molecule has 1 saturated carbocycles. The van der Waals surface area contributed by atoms with Gasteiger partial charge in [0.05, 0.1) is 12.4 Å². The molecule has 0 saturated heterocycles. The summed E-state index contributed by atoms with van der Waals surface area (Å²) in [6, 6.07) is 7.87. The van der Waals surface area contributed by atoms with Crippen LogP contribution in [0, 0.1) is 5.92 Å². The molecule has 0 unspecified atom stereocenters. The van der Waals surface area contributed by atoms with Gasteiger partial charge in [0.1, 0.15) is 5.75 Å². The molecule has 2 aliphatic heterocycles. The van der Waals surface area contributed by atoms with Crippen molar-refractivity contribution >= 4 is 21.4 Å². The molecule has 1 aromatic carbocycles. The van der Waals surface area contributed by atoms with Crippen LogP contribution >= 0.6 is 0 Å². The van der Waals surface area contributed by atoms with Crippen molar-refractivity contribution in [2.75, 3.05) is 18.9 Å². The first-order valence-corrected chi connectivity index (χ1v) is 10.9. The van der Waals surface area contributed by atoms with Crippen molar-refractivity contribution in [2.24, 2.45) is 10.3 Å². The average molecular weight is 372 g/mol. The molecule has 1 aromatic rings. The van der Waals surface area contributed by atoms with Crippen LogP contribution in [0.25, 0.3) is 5.57 Å². The Balaban J connectivity index is 1.48. The van der Waals surface area contributed by atoms with Gasteiger partial charge in [-0.15, -0.1) is 4.40 Å². The first kappa shape index (κ1) is 17.3. The van der Waals surface area contributed by atoms with E-state index < -0.39 is 10.0 Å². The molecular weight excluding hydrogens is 348 g/mol. The second-order valence-electron chi connectivity index (χ2n) is 7.16. The maximum absolute atomic E-state index is 11.9. The van der Waals surface area contributed by atoms with Gasteiger partial charge in [0.15, 0.2) is 5.84 Å². The fourth-order valence-electron chi connectivity index (χ4n) is 3.74. The monoisotopic (exact) mass is 372 g/mol. The Labute approximate surface area is 155 Å². The lowest BCUT2D eigenvalue weighted by atomic mass is 9.90. The molecule has 0 amide bonds. The molecule has 0 radical (unpaired) electrons. The minimum atomic E-state index is -3.38. The quantitative estimate of drug-likeness (QED) is 0.810. The van der Waals surface area contributed by atoms with Crippen molar-refractivity contribution in [3.63, 3.8) is 0 Å². The molecule has 6 heteroatoms. The second-order valence-corrected chi connectivity index (χ2v) is 8.91. The summed E-state index contributed by atoms with van der Waals surface area (Å²) in [6.45, 7) is 1.22. The molecule has 3 aliphatic rings. The SMILES string of the molecule is O=S1(=O)CCN2C=CC=C(c3ccc(OCC4CCCCC4)cc3)C2=N1. The molecule has 2 heterocycles. The predicted octanol–water partition coefficient (Wildman–Crippen LogP) is 3.60. The van der Waals surface area contributed by atoms with Crippen molar-refractivity contribution < 1.29 is 13.2 Å². The first-order chi connectivity index (χ1) is 12.6. The Hall–Kier alpha value is -2.08. The Kier molecular flexibility index (Phi) is 4.85. The van der Waals surface area contributed by atoms with Gasteiger partial charge in [0.2, 0.25) is 0 Å². The average Bonchev–Trinajstić information content (AvgIpc) is 2.66. The predicted molar refractivity (Wildman–Crippen MR) is 104 cm³/mol. The van der Waals surface area contributed by atoms with E-state index in [1.165, 1.54) is 32.1 Å². The van der Waals surface area contributed by atoms with Gasteiger partial charge >= 0.3 is 0 Å². The molecule has 0 spiro atoms. The summed E-state index contributed by atoms with van der Waals surface area (Å²) >= 11 is 0. The van der Waals surface area contributed by atoms with Crippen molar-refractivity contribution in [3.8, 4) is 5.75 Å². The third-order valence-corrected chi connectivity index (χ3v) is 6.38. The van der Waals surface area contributed by atoms with Gasteiger partial charge in [-0.1, -0.05) is 31.4 Å². The number of hydrogen-bond donors (Lipinski definition) is 0. The summed E-state index contributed by atoms with van der Waals surface area (Å²) in [5.74, 6) is 2.10. The van der Waals surface area contributed by atoms with Crippen LogP contribution in [0.2, 0.25) is 0 Å². The maximum atomic E-state index is 11.9. The second kappa shape index (κ2) is 7.27. The molecule has 26 heavy (non-hydrogen) atoms. The van der Waals surface area contributed by atoms with E-state index in [1.807, 2.05) is 47.5 Å². The van der Waals surface area contributed by atoms with E-state index in [0.29, 0.717) is 18.3 Å². The van der Waals surface area contributed by atoms with E-state index in [0.717, 1.165) is 23.5 Å². The summed E-state index contributed by atoms with van der Waals surface area (Å²) in [5.41, 5.74) is 1.77. The number of rotatable bonds is 4. The molecule has 138 valence electrons. The van der Waals surface area contributed by atoms with Crippen molar-refractivity contribution in [1.82, 2.24) is 4.90 Å². The van der Waals surface area contributed by atoms with E-state index in [2.05, 4.69) is 4.40 Å². The van der Waals surface area contributed by atoms with Crippen LogP contribution in [-0.2, 0) is 10.0 Å². The summed E-state index contributed by atoms with van der Waals surface area (Å²) < 4.78 is 33.7. The van der Waals surface area contributed by atoms with Crippen LogP contribution in [0.5, 0.6) is 5.75 Å². The van der Waals surface area contributed by atoms with Gasteiger partial charge in [-0.2, -0.15) is 0 Å². The van der Waals surface area contributed by atoms with Crippen LogP contribution in [0.4, 0.5) is 0 Å². The number of benzene rings is 1. The van der Waals surface area contributed by atoms with E-state index in [9.17, 15) is 8.42 Å². The third kappa shape index (κ3) is 3.85. The van der Waals surface area contributed by atoms with Crippen LogP contribution in [0.3, 0.4) is 0 Å². The van der Waals surface area contributed by atoms with Crippen molar-refractivity contribution in [3.05, 3.63) is 48.2 Å². The van der Waals surface area contributed by atoms with Crippen LogP contribution in [0.15, 0.2) is 47.0 Å². The summed E-state index contributed by atoms with van der Waals surface area (Å²) in [6.07, 6.45) is 12.2. The minimum Gasteiger partial charge on any atom is -0.493 e. The van der Waals surface area contributed by atoms with Gasteiger partial charge in [-0.25, -0.2) is 8.42 Å². The fourth-order valence-corrected chi connectivity index (χ4v) is 4.73. The van der Waals surface area contributed by atoms with Gasteiger partial charge < -0.3 is 9.64 Å². The largest absolute Gasteiger partial charge is 0.493 e. The zero-order chi connectivity index (χ0) is 18.0. The lowest BCUT2D eigenvalue weighted by molar-refractivity contribution is 0.209. The van der Waals surface area contributed by atoms with Gasteiger partial charge in [-0.05, 0) is 48.6 Å². The van der Waals surface area contributed by atoms with E-state index >= 15 is 0 Å². The first-order valence-electron chi connectivity index (χ1n) is 9.32. The van der Waals surface area contributed by atoms with E-state index in [4.69, 9.17) is 4.74 Å². The Morgan fingerprint density at radius 2 is 1.88 bits per heavy atom. The summed E-state index contributed by atoms with van der Waals surface area (Å²) in [4.78, 5) is 1.89. The lowest BCUT2D eigenvalue weighted by Gasteiger charge is -2.29. The van der Waals surface area contributed by atoms with Gasteiger partial charge in [0, 0.05) is 18.3 Å². The van der Waals surface area contributed by atoms with E-state index in [-0.39, 0.29) is 5.75 Å². The van der Waals surface area contributed by atoms with Gasteiger partial charge in [-0.3, -0.25) is 0 Å². The fraction of sp³-hybridized carbons (Fsp3) is 0.450. The van der Waals surface area contributed by atoms with Gasteiger partial charge in [0.25, 0.3) is 10.0 Å². The smallest absolute Gasteiger partial charge is 0.256 e. The molecule has 0 bridgehead atoms. The zero-order valence-electron chi connectivity index (χ0n) is 14.8. The topological polar surface area (TPSA) is 59.0 Å². The number of fused-ring (bicyclic) bond motifs is 1. The highest BCUT2D eigenvalue weighted by atomic mass is 32.2. The molecule has 5 nitrogen and oxygen atoms in total. The molecule has 1 fully saturated rings.